The van der Waals surface area contributed by atoms with Crippen molar-refractivity contribution in [2.24, 2.45) is 5.73 Å². The highest BCUT2D eigenvalue weighted by atomic mass is 79.9. The van der Waals surface area contributed by atoms with Crippen molar-refractivity contribution in [2.45, 2.75) is 13.8 Å². The Morgan fingerprint density at radius 2 is 2.07 bits per heavy atom. The van der Waals surface area contributed by atoms with E-state index in [1.54, 1.807) is 0 Å². The zero-order valence-corrected chi connectivity index (χ0v) is 17.7. The molecule has 2 aromatic rings. The van der Waals surface area contributed by atoms with E-state index in [1.165, 1.54) is 0 Å². The van der Waals surface area contributed by atoms with Crippen molar-refractivity contribution in [3.05, 3.63) is 75.7 Å². The number of rotatable bonds is 3. The van der Waals surface area contributed by atoms with Crippen LogP contribution in [-0.4, -0.2) is 35.4 Å². The Hall–Kier alpha value is -2.57. The number of nitrogens with zero attached hydrogens (tertiary/aromatic N) is 1. The van der Waals surface area contributed by atoms with Gasteiger partial charge < -0.3 is 20.9 Å². The maximum Gasteiger partial charge on any atom is 0.256 e. The molecule has 0 radical (unpaired) electrons. The molecule has 0 bridgehead atoms. The van der Waals surface area contributed by atoms with Crippen LogP contribution in [0.5, 0.6) is 0 Å². The predicted octanol–water partition coefficient (Wildman–Crippen LogP) is 4.22. The highest BCUT2D eigenvalue weighted by molar-refractivity contribution is 9.10. The Morgan fingerprint density at radius 1 is 1.25 bits per heavy atom. The highest BCUT2D eigenvalue weighted by Gasteiger charge is 2.24. The third-order valence-corrected chi connectivity index (χ3v) is 5.04. The maximum atomic E-state index is 12.1. The summed E-state index contributed by atoms with van der Waals surface area (Å²) in [6.07, 6.45) is 10.2. The van der Waals surface area contributed by atoms with Crippen molar-refractivity contribution in [1.29, 1.82) is 0 Å². The fraction of sp³-hybridized carbons (Fsp3) is 0.227. The number of aromatic amines is 1. The first-order chi connectivity index (χ1) is 13.5. The number of aryl methyl sites for hydroxylation is 2. The summed E-state index contributed by atoms with van der Waals surface area (Å²) in [4.78, 5) is 17.5. The first kappa shape index (κ1) is 20.2. The number of H-pyrrole nitrogens is 1. The van der Waals surface area contributed by atoms with Crippen LogP contribution >= 0.6 is 15.9 Å². The van der Waals surface area contributed by atoms with Gasteiger partial charge in [-0.1, -0.05) is 28.1 Å². The summed E-state index contributed by atoms with van der Waals surface area (Å²) in [7, 11) is 0. The summed E-state index contributed by atoms with van der Waals surface area (Å²) in [6, 6.07) is 7.86. The molecule has 0 saturated heterocycles. The lowest BCUT2D eigenvalue weighted by molar-refractivity contribution is -0.110. The Morgan fingerprint density at radius 3 is 2.71 bits per heavy atom. The SMILES string of the molecule is Cc1cc(C)c(/C=C2\C(=O)Nc3ccc(Br)cc32)[nH]1.NCCN1C=CC=CC1. The van der Waals surface area contributed by atoms with Crippen molar-refractivity contribution in [1.82, 2.24) is 9.88 Å². The predicted molar refractivity (Wildman–Crippen MR) is 120 cm³/mol. The van der Waals surface area contributed by atoms with Crippen LogP contribution in [0.4, 0.5) is 5.69 Å². The second-order valence-corrected chi connectivity index (χ2v) is 7.72. The number of amides is 1. The number of halogens is 1. The molecule has 0 fully saturated rings. The minimum Gasteiger partial charge on any atom is -0.372 e. The average molecular weight is 441 g/mol. The summed E-state index contributed by atoms with van der Waals surface area (Å²) >= 11 is 3.44. The summed E-state index contributed by atoms with van der Waals surface area (Å²) in [5, 5.41) is 2.88. The lowest BCUT2D eigenvalue weighted by atomic mass is 10.1. The first-order valence-corrected chi connectivity index (χ1v) is 10.0. The summed E-state index contributed by atoms with van der Waals surface area (Å²) < 4.78 is 0.966. The molecule has 5 nitrogen and oxygen atoms in total. The Balaban J connectivity index is 0.000000211. The van der Waals surface area contributed by atoms with Gasteiger partial charge in [0.15, 0.2) is 0 Å². The van der Waals surface area contributed by atoms with E-state index < -0.39 is 0 Å². The van der Waals surface area contributed by atoms with Crippen molar-refractivity contribution in [3.63, 3.8) is 0 Å². The smallest absolute Gasteiger partial charge is 0.256 e. The molecule has 1 aromatic heterocycles. The van der Waals surface area contributed by atoms with E-state index in [0.717, 1.165) is 52.3 Å². The molecule has 146 valence electrons. The zero-order valence-electron chi connectivity index (χ0n) is 16.1. The van der Waals surface area contributed by atoms with Crippen LogP contribution in [-0.2, 0) is 4.79 Å². The van der Waals surface area contributed by atoms with Gasteiger partial charge in [-0.2, -0.15) is 0 Å². The molecule has 0 saturated carbocycles. The van der Waals surface area contributed by atoms with Gasteiger partial charge in [-0.25, -0.2) is 0 Å². The Kier molecular flexibility index (Phi) is 6.54. The third kappa shape index (κ3) is 4.82. The number of fused-ring (bicyclic) bond motifs is 1. The number of nitrogens with two attached hydrogens (primary N) is 1. The molecule has 0 aliphatic carbocycles. The van der Waals surface area contributed by atoms with E-state index in [0.29, 0.717) is 5.57 Å². The van der Waals surface area contributed by atoms with Gasteiger partial charge in [0, 0.05) is 46.7 Å². The van der Waals surface area contributed by atoms with Gasteiger partial charge in [-0.05, 0) is 62.0 Å². The van der Waals surface area contributed by atoms with Crippen LogP contribution < -0.4 is 11.1 Å². The normalized spacial score (nSPS) is 16.1. The van der Waals surface area contributed by atoms with Gasteiger partial charge in [0.05, 0.1) is 5.57 Å². The molecule has 1 amide bonds. The molecule has 1 aromatic carbocycles. The number of benzene rings is 1. The van der Waals surface area contributed by atoms with Crippen molar-refractivity contribution in [3.8, 4) is 0 Å². The molecular formula is C22H25BrN4O. The van der Waals surface area contributed by atoms with E-state index in [4.69, 9.17) is 5.73 Å². The molecule has 0 atom stereocenters. The third-order valence-electron chi connectivity index (χ3n) is 4.54. The van der Waals surface area contributed by atoms with Crippen LogP contribution in [0.2, 0.25) is 0 Å². The van der Waals surface area contributed by atoms with Crippen LogP contribution in [0.15, 0.2) is 53.2 Å². The van der Waals surface area contributed by atoms with Gasteiger partial charge in [-0.15, -0.1) is 0 Å². The molecule has 2 aliphatic heterocycles. The zero-order chi connectivity index (χ0) is 20.1. The van der Waals surface area contributed by atoms with E-state index in [2.05, 4.69) is 49.5 Å². The van der Waals surface area contributed by atoms with E-state index >= 15 is 0 Å². The molecule has 6 heteroatoms. The molecule has 0 unspecified atom stereocenters. The number of carbonyl (C=O) groups is 1. The number of hydrogen-bond donors (Lipinski definition) is 3. The number of carbonyl (C=O) groups excluding carboxylic acids is 1. The fourth-order valence-corrected chi connectivity index (χ4v) is 3.55. The van der Waals surface area contributed by atoms with Crippen molar-refractivity contribution >= 4 is 39.2 Å². The molecule has 3 heterocycles. The number of allylic oxidation sites excluding steroid dienone is 2. The van der Waals surface area contributed by atoms with Crippen LogP contribution in [0.3, 0.4) is 0 Å². The fourth-order valence-electron chi connectivity index (χ4n) is 3.19. The molecule has 28 heavy (non-hydrogen) atoms. The number of hydrogen-bond acceptors (Lipinski definition) is 3. The number of aromatic nitrogens is 1. The highest BCUT2D eigenvalue weighted by Crippen LogP contribution is 2.35. The minimum atomic E-state index is -0.0558. The van der Waals surface area contributed by atoms with Crippen LogP contribution in [0.1, 0.15) is 22.5 Å². The molecule has 4 N–H and O–H groups in total. The van der Waals surface area contributed by atoms with Crippen molar-refractivity contribution < 1.29 is 4.79 Å². The lowest BCUT2D eigenvalue weighted by Gasteiger charge is -2.18. The monoisotopic (exact) mass is 440 g/mol. The molecule has 2 aliphatic rings. The summed E-state index contributed by atoms with van der Waals surface area (Å²) in [5.41, 5.74) is 11.1. The first-order valence-electron chi connectivity index (χ1n) is 9.24. The van der Waals surface area contributed by atoms with Crippen molar-refractivity contribution in [2.75, 3.05) is 25.0 Å². The quantitative estimate of drug-likeness (QED) is 0.625. The van der Waals surface area contributed by atoms with E-state index in [9.17, 15) is 4.79 Å². The van der Waals surface area contributed by atoms with Gasteiger partial charge in [-0.3, -0.25) is 4.79 Å². The average Bonchev–Trinajstić information content (AvgIpc) is 3.15. The molecule has 0 spiro atoms. The largest absolute Gasteiger partial charge is 0.372 e. The Bertz CT molecular complexity index is 955. The molecular weight excluding hydrogens is 416 g/mol. The van der Waals surface area contributed by atoms with Crippen LogP contribution in [0.25, 0.3) is 11.6 Å². The number of anilines is 1. The van der Waals surface area contributed by atoms with E-state index in [-0.39, 0.29) is 5.91 Å². The summed E-state index contributed by atoms with van der Waals surface area (Å²) in [6.45, 7) is 6.74. The second-order valence-electron chi connectivity index (χ2n) is 6.80. The van der Waals surface area contributed by atoms with Gasteiger partial charge >= 0.3 is 0 Å². The number of nitrogens with one attached hydrogen (secondary N) is 2. The second kappa shape index (κ2) is 9.08. The van der Waals surface area contributed by atoms with Gasteiger partial charge in [0.2, 0.25) is 0 Å². The van der Waals surface area contributed by atoms with Gasteiger partial charge in [0.25, 0.3) is 5.91 Å². The summed E-state index contributed by atoms with van der Waals surface area (Å²) in [5.74, 6) is -0.0558. The Labute approximate surface area is 174 Å². The topological polar surface area (TPSA) is 74.1 Å². The standard InChI is InChI=1S/C15H13BrN2O.C7H12N2/c1-8-5-9(2)17-14(8)7-12-11-6-10(16)3-4-13(11)18-15(12)19;8-4-7-9-5-2-1-3-6-9/h3-7,17H,1-2H3,(H,18,19);1-3,5H,4,6-8H2/b12-7-;. The van der Waals surface area contributed by atoms with Crippen LogP contribution in [0, 0.1) is 13.8 Å². The van der Waals surface area contributed by atoms with E-state index in [1.807, 2.05) is 50.3 Å². The molecule has 4 rings (SSSR count). The van der Waals surface area contributed by atoms with Gasteiger partial charge in [0.1, 0.15) is 0 Å². The lowest BCUT2D eigenvalue weighted by Crippen LogP contribution is -2.25. The minimum absolute atomic E-state index is 0.0558. The maximum absolute atomic E-state index is 12.1.